The molecule has 0 amide bonds. The summed E-state index contributed by atoms with van der Waals surface area (Å²) in [5.41, 5.74) is 4.63. The highest BCUT2D eigenvalue weighted by molar-refractivity contribution is 7.10. The Hall–Kier alpha value is -2.17. The molecule has 0 fully saturated rings. The molecule has 0 spiro atoms. The third-order valence-corrected chi connectivity index (χ3v) is 6.04. The summed E-state index contributed by atoms with van der Waals surface area (Å²) >= 11 is 1.70. The van der Waals surface area contributed by atoms with E-state index in [9.17, 15) is 0 Å². The summed E-state index contributed by atoms with van der Waals surface area (Å²) in [6.45, 7) is 7.19. The number of benzene rings is 2. The minimum atomic E-state index is 0.270. The van der Waals surface area contributed by atoms with Gasteiger partial charge >= 0.3 is 0 Å². The van der Waals surface area contributed by atoms with Gasteiger partial charge in [-0.2, -0.15) is 0 Å². The Kier molecular flexibility index (Phi) is 6.64. The van der Waals surface area contributed by atoms with Crippen molar-refractivity contribution in [2.75, 3.05) is 7.05 Å². The molecule has 0 aliphatic carbocycles. The molecule has 0 saturated heterocycles. The predicted molar refractivity (Wildman–Crippen MR) is 115 cm³/mol. The van der Waals surface area contributed by atoms with Crippen molar-refractivity contribution in [2.24, 2.45) is 0 Å². The van der Waals surface area contributed by atoms with E-state index in [0.29, 0.717) is 12.5 Å². The first-order valence-corrected chi connectivity index (χ1v) is 10.4. The van der Waals surface area contributed by atoms with Crippen LogP contribution < -0.4 is 10.1 Å². The Morgan fingerprint density at radius 2 is 1.89 bits per heavy atom. The van der Waals surface area contributed by atoms with Gasteiger partial charge in [0, 0.05) is 10.9 Å². The molecule has 1 aromatic heterocycles. The number of aromatic nitrogens is 1. The number of thiazole rings is 1. The Labute approximate surface area is 166 Å². The quantitative estimate of drug-likeness (QED) is 0.506. The van der Waals surface area contributed by atoms with Gasteiger partial charge in [0.15, 0.2) is 0 Å². The predicted octanol–water partition coefficient (Wildman–Crippen LogP) is 6.18. The highest BCUT2D eigenvalue weighted by Gasteiger charge is 2.15. The number of ether oxygens (including phenoxy) is 1. The molecular formula is C23H28N2OS. The topological polar surface area (TPSA) is 34.2 Å². The summed E-state index contributed by atoms with van der Waals surface area (Å²) in [5, 5.41) is 6.51. The zero-order valence-electron chi connectivity index (χ0n) is 16.5. The third-order valence-electron chi connectivity index (χ3n) is 5.01. The monoisotopic (exact) mass is 380 g/mol. The average Bonchev–Trinajstić information content (AvgIpc) is 3.22. The molecule has 0 saturated carbocycles. The maximum absolute atomic E-state index is 6.17. The summed E-state index contributed by atoms with van der Waals surface area (Å²) in [5.74, 6) is 1.40. The maximum Gasteiger partial charge on any atom is 0.123 e. The molecule has 2 atom stereocenters. The SMILES string of the molecule is CCC(C)c1cc(-c2csc(C(C)NC)n2)ccc1OCc1ccccc1. The first-order valence-electron chi connectivity index (χ1n) is 9.56. The molecule has 4 heteroatoms. The van der Waals surface area contributed by atoms with Crippen LogP contribution in [-0.2, 0) is 6.61 Å². The molecule has 3 rings (SSSR count). The molecule has 0 bridgehead atoms. The largest absolute Gasteiger partial charge is 0.489 e. The van der Waals surface area contributed by atoms with E-state index in [1.165, 1.54) is 11.1 Å². The van der Waals surface area contributed by atoms with Crippen molar-refractivity contribution in [3.8, 4) is 17.0 Å². The molecule has 1 heterocycles. The highest BCUT2D eigenvalue weighted by atomic mass is 32.1. The van der Waals surface area contributed by atoms with Crippen LogP contribution in [0.2, 0.25) is 0 Å². The van der Waals surface area contributed by atoms with E-state index in [1.54, 1.807) is 11.3 Å². The van der Waals surface area contributed by atoms with Crippen molar-refractivity contribution in [3.05, 3.63) is 70.0 Å². The molecule has 142 valence electrons. The van der Waals surface area contributed by atoms with Crippen LogP contribution in [0.4, 0.5) is 0 Å². The van der Waals surface area contributed by atoms with Crippen molar-refractivity contribution in [1.82, 2.24) is 10.3 Å². The lowest BCUT2D eigenvalue weighted by molar-refractivity contribution is 0.301. The number of rotatable bonds is 8. The molecule has 0 radical (unpaired) electrons. The summed E-state index contributed by atoms with van der Waals surface area (Å²) in [7, 11) is 1.96. The van der Waals surface area contributed by atoms with Gasteiger partial charge in [-0.15, -0.1) is 11.3 Å². The van der Waals surface area contributed by atoms with Crippen molar-refractivity contribution in [3.63, 3.8) is 0 Å². The minimum Gasteiger partial charge on any atom is -0.489 e. The van der Waals surface area contributed by atoms with Crippen molar-refractivity contribution < 1.29 is 4.74 Å². The average molecular weight is 381 g/mol. The Morgan fingerprint density at radius 3 is 2.59 bits per heavy atom. The van der Waals surface area contributed by atoms with E-state index in [-0.39, 0.29) is 6.04 Å². The van der Waals surface area contributed by atoms with Crippen LogP contribution in [0.15, 0.2) is 53.9 Å². The standard InChI is InChI=1S/C23H28N2OS/c1-5-16(2)20-13-19(21-15-27-23(25-21)17(3)24-4)11-12-22(20)26-14-18-9-7-6-8-10-18/h6-13,15-17,24H,5,14H2,1-4H3. The molecule has 2 unspecified atom stereocenters. The minimum absolute atomic E-state index is 0.270. The van der Waals surface area contributed by atoms with E-state index < -0.39 is 0 Å². The molecule has 27 heavy (non-hydrogen) atoms. The fraction of sp³-hybridized carbons (Fsp3) is 0.348. The van der Waals surface area contributed by atoms with Crippen LogP contribution in [0.5, 0.6) is 5.75 Å². The summed E-state index contributed by atoms with van der Waals surface area (Å²) < 4.78 is 6.17. The van der Waals surface area contributed by atoms with Gasteiger partial charge < -0.3 is 10.1 Å². The molecule has 3 nitrogen and oxygen atoms in total. The van der Waals surface area contributed by atoms with Crippen LogP contribution in [0, 0.1) is 0 Å². The van der Waals surface area contributed by atoms with Crippen LogP contribution >= 0.6 is 11.3 Å². The van der Waals surface area contributed by atoms with E-state index in [2.05, 4.69) is 61.8 Å². The molecule has 2 aromatic carbocycles. The molecule has 0 aliphatic heterocycles. The lowest BCUT2D eigenvalue weighted by atomic mass is 9.95. The Morgan fingerprint density at radius 1 is 1.11 bits per heavy atom. The van der Waals surface area contributed by atoms with Gasteiger partial charge in [-0.05, 0) is 55.6 Å². The fourth-order valence-electron chi connectivity index (χ4n) is 2.92. The maximum atomic E-state index is 6.17. The number of hydrogen-bond acceptors (Lipinski definition) is 4. The third kappa shape index (κ3) is 4.76. The van der Waals surface area contributed by atoms with Crippen LogP contribution in [-0.4, -0.2) is 12.0 Å². The van der Waals surface area contributed by atoms with Gasteiger partial charge in [0.05, 0.1) is 11.7 Å². The Bertz CT molecular complexity index is 860. The second kappa shape index (κ2) is 9.16. The van der Waals surface area contributed by atoms with Crippen molar-refractivity contribution in [1.29, 1.82) is 0 Å². The van der Waals surface area contributed by atoms with Crippen LogP contribution in [0.1, 0.15) is 55.3 Å². The smallest absolute Gasteiger partial charge is 0.123 e. The lowest BCUT2D eigenvalue weighted by Crippen LogP contribution is -2.11. The van der Waals surface area contributed by atoms with Crippen LogP contribution in [0.25, 0.3) is 11.3 Å². The van der Waals surface area contributed by atoms with Gasteiger partial charge in [-0.1, -0.05) is 44.2 Å². The van der Waals surface area contributed by atoms with Gasteiger partial charge in [0.25, 0.3) is 0 Å². The second-order valence-corrected chi connectivity index (χ2v) is 7.81. The zero-order chi connectivity index (χ0) is 19.2. The summed E-state index contributed by atoms with van der Waals surface area (Å²) in [4.78, 5) is 4.82. The van der Waals surface area contributed by atoms with E-state index in [0.717, 1.165) is 28.4 Å². The Balaban J connectivity index is 1.86. The summed E-state index contributed by atoms with van der Waals surface area (Å²) in [6, 6.07) is 17.0. The van der Waals surface area contributed by atoms with Crippen molar-refractivity contribution >= 4 is 11.3 Å². The van der Waals surface area contributed by atoms with E-state index in [4.69, 9.17) is 9.72 Å². The molecule has 0 aliphatic rings. The fourth-order valence-corrected chi connectivity index (χ4v) is 3.82. The number of hydrogen-bond donors (Lipinski definition) is 1. The van der Waals surface area contributed by atoms with E-state index >= 15 is 0 Å². The normalized spacial score (nSPS) is 13.3. The second-order valence-electron chi connectivity index (χ2n) is 6.92. The van der Waals surface area contributed by atoms with Crippen molar-refractivity contribution in [2.45, 2.75) is 45.8 Å². The first kappa shape index (κ1) is 19.6. The number of nitrogens with one attached hydrogen (secondary N) is 1. The molecule has 3 aromatic rings. The van der Waals surface area contributed by atoms with Crippen LogP contribution in [0.3, 0.4) is 0 Å². The molecule has 1 N–H and O–H groups in total. The zero-order valence-corrected chi connectivity index (χ0v) is 17.3. The van der Waals surface area contributed by atoms with Gasteiger partial charge in [0.2, 0.25) is 0 Å². The first-order chi connectivity index (χ1) is 13.1. The molecular weight excluding hydrogens is 352 g/mol. The summed E-state index contributed by atoms with van der Waals surface area (Å²) in [6.07, 6.45) is 1.07. The van der Waals surface area contributed by atoms with Gasteiger partial charge in [-0.3, -0.25) is 0 Å². The highest BCUT2D eigenvalue weighted by Crippen LogP contribution is 2.34. The van der Waals surface area contributed by atoms with E-state index in [1.807, 2.05) is 25.2 Å². The number of nitrogens with zero attached hydrogens (tertiary/aromatic N) is 1. The van der Waals surface area contributed by atoms with Gasteiger partial charge in [0.1, 0.15) is 17.4 Å². The van der Waals surface area contributed by atoms with Gasteiger partial charge in [-0.25, -0.2) is 4.98 Å². The lowest BCUT2D eigenvalue weighted by Gasteiger charge is -2.17.